The van der Waals surface area contributed by atoms with E-state index in [2.05, 4.69) is 46.4 Å². The van der Waals surface area contributed by atoms with Crippen LogP contribution in [0, 0.1) is 0 Å². The molecule has 296 valence electrons. The van der Waals surface area contributed by atoms with Gasteiger partial charge in [0.1, 0.15) is 36.6 Å². The van der Waals surface area contributed by atoms with Crippen molar-refractivity contribution in [3.05, 3.63) is 72.9 Å². The summed E-state index contributed by atoms with van der Waals surface area (Å²) in [4.78, 5) is 77.9. The van der Waals surface area contributed by atoms with Gasteiger partial charge in [0.25, 0.3) is 0 Å². The molecule has 6 unspecified atom stereocenters. The van der Waals surface area contributed by atoms with Gasteiger partial charge in [-0.15, -0.1) is 0 Å². The topological polar surface area (TPSA) is 158 Å². The highest BCUT2D eigenvalue weighted by molar-refractivity contribution is 5.89. The first-order valence-corrected chi connectivity index (χ1v) is 17.8. The van der Waals surface area contributed by atoms with Gasteiger partial charge < -0.3 is 28.4 Å². The van der Waals surface area contributed by atoms with Crippen LogP contribution in [0.2, 0.25) is 0 Å². The van der Waals surface area contributed by atoms with Crippen molar-refractivity contribution in [2.45, 2.75) is 150 Å². The zero-order chi connectivity index (χ0) is 41.0. The monoisotopic (exact) mass is 744 g/mol. The van der Waals surface area contributed by atoms with E-state index in [4.69, 9.17) is 28.4 Å². The van der Waals surface area contributed by atoms with E-state index in [1.54, 1.807) is 6.92 Å². The van der Waals surface area contributed by atoms with Crippen molar-refractivity contribution in [2.24, 2.45) is 0 Å². The van der Waals surface area contributed by atoms with Gasteiger partial charge in [0.15, 0.2) is 0 Å². The molecule has 0 aromatic carbocycles. The van der Waals surface area contributed by atoms with Crippen molar-refractivity contribution in [2.75, 3.05) is 0 Å². The zero-order valence-corrected chi connectivity index (χ0v) is 33.0. The molecule has 12 nitrogen and oxygen atoms in total. The van der Waals surface area contributed by atoms with Gasteiger partial charge >= 0.3 is 35.8 Å². The molecule has 0 aromatic rings. The number of hydrogen-bond donors (Lipinski definition) is 0. The minimum Gasteiger partial charge on any atom is -0.455 e. The second-order valence-electron chi connectivity index (χ2n) is 13.4. The average molecular weight is 745 g/mol. The van der Waals surface area contributed by atoms with Crippen LogP contribution in [0.3, 0.4) is 0 Å². The maximum atomic E-state index is 13.2. The Morgan fingerprint density at radius 3 is 0.906 bits per heavy atom. The normalized spacial score (nSPS) is 14.0. The maximum Gasteiger partial charge on any atom is 0.333 e. The highest BCUT2D eigenvalue weighted by Gasteiger charge is 2.41. The lowest BCUT2D eigenvalue weighted by molar-refractivity contribution is -0.183. The molecule has 0 spiro atoms. The van der Waals surface area contributed by atoms with Gasteiger partial charge in [-0.25, -0.2) is 28.8 Å². The number of rotatable bonds is 26. The van der Waals surface area contributed by atoms with E-state index in [0.717, 1.165) is 25.7 Å². The molecule has 12 heteroatoms. The summed E-state index contributed by atoms with van der Waals surface area (Å²) in [6.07, 6.45) is -3.68. The smallest absolute Gasteiger partial charge is 0.333 e. The molecule has 0 N–H and O–H groups in total. The molecule has 0 aliphatic heterocycles. The Morgan fingerprint density at radius 1 is 0.377 bits per heavy atom. The molecule has 0 fully saturated rings. The molecule has 53 heavy (non-hydrogen) atoms. The van der Waals surface area contributed by atoms with Crippen LogP contribution in [0.5, 0.6) is 0 Å². The highest BCUT2D eigenvalue weighted by atomic mass is 16.6. The molecule has 0 aliphatic carbocycles. The fourth-order valence-corrected chi connectivity index (χ4v) is 4.68. The Hall–Kier alpha value is -4.74. The molecule has 0 heterocycles. The van der Waals surface area contributed by atoms with Crippen molar-refractivity contribution < 1.29 is 57.2 Å². The first-order chi connectivity index (χ1) is 24.7. The van der Waals surface area contributed by atoms with E-state index < -0.39 is 72.4 Å². The summed E-state index contributed by atoms with van der Waals surface area (Å²) >= 11 is 0. The average Bonchev–Trinajstić information content (AvgIpc) is 3.07. The molecule has 0 saturated carbocycles. The van der Waals surface area contributed by atoms with Gasteiger partial charge in [-0.1, -0.05) is 79.0 Å². The predicted molar refractivity (Wildman–Crippen MR) is 201 cm³/mol. The third-order valence-electron chi connectivity index (χ3n) is 7.81. The number of esters is 6. The van der Waals surface area contributed by atoms with Gasteiger partial charge in [-0.3, -0.25) is 0 Å². The molecule has 0 saturated heterocycles. The summed E-state index contributed by atoms with van der Waals surface area (Å²) < 4.78 is 34.8. The van der Waals surface area contributed by atoms with Crippen molar-refractivity contribution >= 4 is 35.8 Å². The summed E-state index contributed by atoms with van der Waals surface area (Å²) in [6.45, 7) is 34.2. The lowest BCUT2D eigenvalue weighted by Gasteiger charge is -2.35. The molecular weight excluding hydrogens is 684 g/mol. The maximum absolute atomic E-state index is 13.2. The molecule has 0 bridgehead atoms. The molecular formula is C41H60O12. The molecule has 0 amide bonds. The van der Waals surface area contributed by atoms with E-state index in [-0.39, 0.29) is 59.1 Å². The Balaban J connectivity index is 7.50. The van der Waals surface area contributed by atoms with Crippen LogP contribution in [0.15, 0.2) is 72.9 Å². The van der Waals surface area contributed by atoms with Gasteiger partial charge in [-0.2, -0.15) is 0 Å². The third kappa shape index (κ3) is 18.5. The van der Waals surface area contributed by atoms with Crippen LogP contribution in [0.25, 0.3) is 0 Å². The number of unbranched alkanes of at least 4 members (excludes halogenated alkanes) is 4. The quantitative estimate of drug-likeness (QED) is 0.0373. The summed E-state index contributed by atoms with van der Waals surface area (Å²) in [5.41, 5.74) is 0.233. The fourth-order valence-electron chi connectivity index (χ4n) is 4.68. The Bertz CT molecular complexity index is 1400. The van der Waals surface area contributed by atoms with E-state index in [1.165, 1.54) is 41.5 Å². The first kappa shape index (κ1) is 48.3. The predicted octanol–water partition coefficient (Wildman–Crippen LogP) is 7.46. The summed E-state index contributed by atoms with van der Waals surface area (Å²) in [5, 5.41) is 0. The van der Waals surface area contributed by atoms with Crippen LogP contribution in [-0.2, 0) is 57.2 Å². The number of carbonyl (C=O) groups excluding carboxylic acids is 6. The largest absolute Gasteiger partial charge is 0.455 e. The van der Waals surface area contributed by atoms with Gasteiger partial charge in [-0.05, 0) is 60.8 Å². The summed E-state index contributed by atoms with van der Waals surface area (Å²) in [7, 11) is 0. The number of hydrogen-bond acceptors (Lipinski definition) is 12. The molecule has 0 aliphatic rings. The van der Waals surface area contributed by atoms with E-state index in [1.807, 2.05) is 0 Å². The minimum absolute atomic E-state index is 0.0104. The third-order valence-corrected chi connectivity index (χ3v) is 7.81. The van der Waals surface area contributed by atoms with Crippen molar-refractivity contribution in [1.82, 2.24) is 0 Å². The highest BCUT2D eigenvalue weighted by Crippen LogP contribution is 2.28. The Labute approximate surface area is 315 Å². The summed E-state index contributed by atoms with van der Waals surface area (Å²) in [6, 6.07) is 0. The van der Waals surface area contributed by atoms with E-state index in [0.29, 0.717) is 6.42 Å². The lowest BCUT2D eigenvalue weighted by Crippen LogP contribution is -2.47. The second-order valence-corrected chi connectivity index (χ2v) is 13.4. The summed E-state index contributed by atoms with van der Waals surface area (Å²) in [5.74, 6) is -4.92. The van der Waals surface area contributed by atoms with Crippen molar-refractivity contribution in [3.8, 4) is 0 Å². The Kier molecular flexibility index (Phi) is 22.3. The fraction of sp³-hybridized carbons (Fsp3) is 0.561. The SMILES string of the molecule is C=C(C)C(=O)OC(CC)C(CC(OC(=O)C(=C)C)C(CC(OC(=O)C(=C)C)C(CCCCCCC)OC(=O)C(=C)C)OC(=O)C(=C)C)OC(=O)C(=C)C. The molecule has 0 radical (unpaired) electrons. The van der Waals surface area contributed by atoms with E-state index in [9.17, 15) is 28.8 Å². The van der Waals surface area contributed by atoms with Crippen LogP contribution < -0.4 is 0 Å². The van der Waals surface area contributed by atoms with Gasteiger partial charge in [0.2, 0.25) is 0 Å². The first-order valence-electron chi connectivity index (χ1n) is 17.8. The Morgan fingerprint density at radius 2 is 0.623 bits per heavy atom. The van der Waals surface area contributed by atoms with Crippen molar-refractivity contribution in [3.63, 3.8) is 0 Å². The lowest BCUT2D eigenvalue weighted by atomic mass is 9.93. The zero-order valence-electron chi connectivity index (χ0n) is 33.0. The van der Waals surface area contributed by atoms with Gasteiger partial charge in [0, 0.05) is 46.3 Å². The van der Waals surface area contributed by atoms with Crippen molar-refractivity contribution in [1.29, 1.82) is 0 Å². The second kappa shape index (κ2) is 24.5. The van der Waals surface area contributed by atoms with Crippen LogP contribution in [0.1, 0.15) is 113 Å². The molecule has 0 rings (SSSR count). The number of ether oxygens (including phenoxy) is 6. The minimum atomic E-state index is -1.45. The molecule has 6 atom stereocenters. The molecule has 0 aromatic heterocycles. The van der Waals surface area contributed by atoms with Crippen LogP contribution in [0.4, 0.5) is 0 Å². The van der Waals surface area contributed by atoms with Crippen LogP contribution in [-0.4, -0.2) is 72.4 Å². The van der Waals surface area contributed by atoms with E-state index >= 15 is 0 Å². The van der Waals surface area contributed by atoms with Gasteiger partial charge in [0.05, 0.1) is 0 Å². The van der Waals surface area contributed by atoms with Crippen LogP contribution >= 0.6 is 0 Å². The number of carbonyl (C=O) groups is 6. The standard InChI is InChI=1S/C41H60O12/c1-15-17-18-19-20-21-31(49-37(43)25(5)6)33(51-39(45)27(9)10)23-35(53-41(47)29(13)14)34(52-40(46)28(11)12)22-32(50-38(44)26(7)8)30(16-2)48-36(42)24(3)4/h30-35H,3,5,7,9,11,13,15-23H2,1-2,4,6,8,10,12,14H3.